The number of carbonyl (C=O) groups is 1. The highest BCUT2D eigenvalue weighted by molar-refractivity contribution is 5.94. The van der Waals surface area contributed by atoms with Crippen molar-refractivity contribution in [2.45, 2.75) is 91.1 Å². The van der Waals surface area contributed by atoms with Crippen LogP contribution >= 0.6 is 0 Å². The molecule has 2 saturated heterocycles. The molecule has 0 radical (unpaired) electrons. The summed E-state index contributed by atoms with van der Waals surface area (Å²) in [5, 5.41) is 3.58. The SMILES string of the molecule is CCCCCc1ccc(C(=O)N(Cc2ccc(NCCN3CCCC3)cc2)C2CCN(CCC(C)C)CC2)cc1. The third-order valence-corrected chi connectivity index (χ3v) is 8.81. The molecule has 0 spiro atoms. The van der Waals surface area contributed by atoms with E-state index in [2.05, 4.69) is 89.3 Å². The van der Waals surface area contributed by atoms with Gasteiger partial charge in [-0.15, -0.1) is 0 Å². The summed E-state index contributed by atoms with van der Waals surface area (Å²) in [6, 6.07) is 17.5. The Hall–Kier alpha value is -2.37. The van der Waals surface area contributed by atoms with Crippen molar-refractivity contribution in [2.75, 3.05) is 51.1 Å². The summed E-state index contributed by atoms with van der Waals surface area (Å²) in [5.41, 5.74) is 4.53. The number of nitrogens with zero attached hydrogens (tertiary/aromatic N) is 3. The van der Waals surface area contributed by atoms with Crippen LogP contribution in [-0.4, -0.2) is 72.5 Å². The van der Waals surface area contributed by atoms with E-state index in [9.17, 15) is 4.79 Å². The molecule has 2 aromatic rings. The summed E-state index contributed by atoms with van der Waals surface area (Å²) in [6.07, 6.45) is 10.8. The highest BCUT2D eigenvalue weighted by atomic mass is 16.2. The predicted molar refractivity (Wildman–Crippen MR) is 169 cm³/mol. The van der Waals surface area contributed by atoms with E-state index in [0.29, 0.717) is 6.54 Å². The molecule has 1 N–H and O–H groups in total. The number of amides is 1. The van der Waals surface area contributed by atoms with Crippen molar-refractivity contribution >= 4 is 11.6 Å². The van der Waals surface area contributed by atoms with Crippen LogP contribution in [0.15, 0.2) is 48.5 Å². The van der Waals surface area contributed by atoms with Crippen LogP contribution in [-0.2, 0) is 13.0 Å². The van der Waals surface area contributed by atoms with Crippen LogP contribution in [0.1, 0.15) is 93.6 Å². The van der Waals surface area contributed by atoms with Crippen LogP contribution in [0.25, 0.3) is 0 Å². The fraction of sp³-hybridized carbons (Fsp3) is 0.629. The summed E-state index contributed by atoms with van der Waals surface area (Å²) in [7, 11) is 0. The Bertz CT molecular complexity index is 989. The lowest BCUT2D eigenvalue weighted by Crippen LogP contribution is -2.47. The zero-order valence-corrected chi connectivity index (χ0v) is 25.5. The Morgan fingerprint density at radius 3 is 2.17 bits per heavy atom. The minimum atomic E-state index is 0.175. The molecule has 5 nitrogen and oxygen atoms in total. The third-order valence-electron chi connectivity index (χ3n) is 8.81. The van der Waals surface area contributed by atoms with E-state index >= 15 is 0 Å². The zero-order valence-electron chi connectivity index (χ0n) is 25.5. The lowest BCUT2D eigenvalue weighted by atomic mass is 9.99. The minimum absolute atomic E-state index is 0.175. The predicted octanol–water partition coefficient (Wildman–Crippen LogP) is 7.08. The quantitative estimate of drug-likeness (QED) is 0.242. The van der Waals surface area contributed by atoms with E-state index < -0.39 is 0 Å². The number of piperidine rings is 1. The van der Waals surface area contributed by atoms with E-state index in [1.54, 1.807) is 0 Å². The molecule has 0 aromatic heterocycles. The number of unbranched alkanes of at least 4 members (excludes halogenated alkanes) is 2. The van der Waals surface area contributed by atoms with Crippen LogP contribution in [0.2, 0.25) is 0 Å². The number of hydrogen-bond acceptors (Lipinski definition) is 4. The first-order valence-electron chi connectivity index (χ1n) is 16.2. The van der Waals surface area contributed by atoms with Gasteiger partial charge in [0.2, 0.25) is 0 Å². The smallest absolute Gasteiger partial charge is 0.254 e. The number of rotatable bonds is 15. The fourth-order valence-corrected chi connectivity index (χ4v) is 6.11. The number of aryl methyl sites for hydroxylation is 1. The van der Waals surface area contributed by atoms with Crippen molar-refractivity contribution in [3.05, 3.63) is 65.2 Å². The molecule has 0 atom stereocenters. The van der Waals surface area contributed by atoms with Gasteiger partial charge in [-0.05, 0) is 106 Å². The summed E-state index contributed by atoms with van der Waals surface area (Å²) in [5.74, 6) is 0.909. The molecule has 2 heterocycles. The maximum absolute atomic E-state index is 13.9. The number of nitrogens with one attached hydrogen (secondary N) is 1. The summed E-state index contributed by atoms with van der Waals surface area (Å²) in [4.78, 5) is 21.2. The Balaban J connectivity index is 1.39. The van der Waals surface area contributed by atoms with Crippen molar-refractivity contribution in [3.8, 4) is 0 Å². The second-order valence-electron chi connectivity index (χ2n) is 12.5. The van der Waals surface area contributed by atoms with Gasteiger partial charge < -0.3 is 20.0 Å². The van der Waals surface area contributed by atoms with E-state index in [0.717, 1.165) is 62.6 Å². The molecule has 2 aliphatic rings. The minimum Gasteiger partial charge on any atom is -0.384 e. The molecular weight excluding hydrogens is 492 g/mol. The fourth-order valence-electron chi connectivity index (χ4n) is 6.11. The van der Waals surface area contributed by atoms with Crippen molar-refractivity contribution in [2.24, 2.45) is 5.92 Å². The average Bonchev–Trinajstić information content (AvgIpc) is 3.50. The molecule has 220 valence electrons. The third kappa shape index (κ3) is 9.62. The van der Waals surface area contributed by atoms with Gasteiger partial charge in [0.25, 0.3) is 5.91 Å². The van der Waals surface area contributed by atoms with E-state index in [1.807, 2.05) is 0 Å². The van der Waals surface area contributed by atoms with Gasteiger partial charge in [0.15, 0.2) is 0 Å². The molecular formula is C35H54N4O. The van der Waals surface area contributed by atoms with Crippen molar-refractivity contribution < 1.29 is 4.79 Å². The molecule has 0 aliphatic carbocycles. The molecule has 5 heteroatoms. The normalized spacial score (nSPS) is 17.0. The van der Waals surface area contributed by atoms with Gasteiger partial charge in [0.05, 0.1) is 0 Å². The van der Waals surface area contributed by atoms with Gasteiger partial charge in [-0.2, -0.15) is 0 Å². The van der Waals surface area contributed by atoms with Crippen molar-refractivity contribution in [3.63, 3.8) is 0 Å². The van der Waals surface area contributed by atoms with Gasteiger partial charge >= 0.3 is 0 Å². The Morgan fingerprint density at radius 1 is 0.875 bits per heavy atom. The van der Waals surface area contributed by atoms with Crippen LogP contribution < -0.4 is 5.32 Å². The monoisotopic (exact) mass is 546 g/mol. The Labute approximate surface area is 244 Å². The first-order valence-corrected chi connectivity index (χ1v) is 16.2. The number of hydrogen-bond donors (Lipinski definition) is 1. The Kier molecular flexibility index (Phi) is 12.4. The molecule has 0 bridgehead atoms. The van der Waals surface area contributed by atoms with Gasteiger partial charge in [0.1, 0.15) is 0 Å². The second-order valence-corrected chi connectivity index (χ2v) is 12.5. The van der Waals surface area contributed by atoms with Gasteiger partial charge in [-0.1, -0.05) is 57.9 Å². The molecule has 2 aromatic carbocycles. The first-order chi connectivity index (χ1) is 19.5. The number of likely N-dealkylation sites (tertiary alicyclic amines) is 2. The van der Waals surface area contributed by atoms with E-state index in [1.165, 1.54) is 69.3 Å². The molecule has 4 rings (SSSR count). The maximum Gasteiger partial charge on any atom is 0.254 e. The van der Waals surface area contributed by atoms with Gasteiger partial charge in [-0.25, -0.2) is 0 Å². The summed E-state index contributed by atoms with van der Waals surface area (Å²) < 4.78 is 0. The van der Waals surface area contributed by atoms with Crippen molar-refractivity contribution in [1.29, 1.82) is 0 Å². The largest absolute Gasteiger partial charge is 0.384 e. The highest BCUT2D eigenvalue weighted by Crippen LogP contribution is 2.23. The van der Waals surface area contributed by atoms with Crippen molar-refractivity contribution in [1.82, 2.24) is 14.7 Å². The first kappa shape index (κ1) is 30.6. The molecule has 40 heavy (non-hydrogen) atoms. The average molecular weight is 547 g/mol. The number of anilines is 1. The van der Waals surface area contributed by atoms with Gasteiger partial charge in [0, 0.05) is 50.0 Å². The zero-order chi connectivity index (χ0) is 28.2. The Morgan fingerprint density at radius 2 is 1.52 bits per heavy atom. The lowest BCUT2D eigenvalue weighted by molar-refractivity contribution is 0.0546. The van der Waals surface area contributed by atoms with Crippen LogP contribution in [0, 0.1) is 5.92 Å². The number of benzene rings is 2. The van der Waals surface area contributed by atoms with Gasteiger partial charge in [-0.3, -0.25) is 4.79 Å². The number of carbonyl (C=O) groups excluding carboxylic acids is 1. The molecule has 0 saturated carbocycles. The van der Waals surface area contributed by atoms with Crippen LogP contribution in [0.4, 0.5) is 5.69 Å². The second kappa shape index (κ2) is 16.2. The van der Waals surface area contributed by atoms with E-state index in [4.69, 9.17) is 0 Å². The van der Waals surface area contributed by atoms with Crippen LogP contribution in [0.3, 0.4) is 0 Å². The highest BCUT2D eigenvalue weighted by Gasteiger charge is 2.29. The van der Waals surface area contributed by atoms with Crippen LogP contribution in [0.5, 0.6) is 0 Å². The topological polar surface area (TPSA) is 38.8 Å². The molecule has 1 amide bonds. The summed E-state index contributed by atoms with van der Waals surface area (Å²) >= 11 is 0. The molecule has 2 aliphatic heterocycles. The lowest BCUT2D eigenvalue weighted by Gasteiger charge is -2.39. The van der Waals surface area contributed by atoms with E-state index in [-0.39, 0.29) is 11.9 Å². The molecule has 0 unspecified atom stereocenters. The standard InChI is InChI=1S/C35H54N4O/c1-4-5-6-9-30-10-14-32(15-11-30)35(40)39(34-19-25-38(26-20-34)24-18-29(2)3)28-31-12-16-33(17-13-31)36-21-27-37-22-7-8-23-37/h10-17,29,34,36H,4-9,18-28H2,1-3H3. The molecule has 2 fully saturated rings. The summed E-state index contributed by atoms with van der Waals surface area (Å²) in [6.45, 7) is 15.4. The maximum atomic E-state index is 13.9.